The summed E-state index contributed by atoms with van der Waals surface area (Å²) in [5, 5.41) is 12.2. The van der Waals surface area contributed by atoms with Crippen molar-refractivity contribution in [2.45, 2.75) is 13.1 Å². The Balaban J connectivity index is 1.70. The van der Waals surface area contributed by atoms with E-state index in [2.05, 4.69) is 0 Å². The quantitative estimate of drug-likeness (QED) is 0.574. The molecule has 0 atom stereocenters. The number of aromatic hydroxyl groups is 1. The molecule has 130 valence electrons. The van der Waals surface area contributed by atoms with Crippen LogP contribution in [0.15, 0.2) is 82.0 Å². The molecule has 4 aromatic rings. The summed E-state index contributed by atoms with van der Waals surface area (Å²) in [6, 6.07) is 18.1. The van der Waals surface area contributed by atoms with E-state index in [1.165, 1.54) is 0 Å². The lowest BCUT2D eigenvalue weighted by Crippen LogP contribution is -2.30. The number of phenolic OH excluding ortho intramolecular Hbond substituents is 1. The Kier molecular flexibility index (Phi) is 4.19. The van der Waals surface area contributed by atoms with Crippen molar-refractivity contribution in [3.63, 3.8) is 0 Å². The van der Waals surface area contributed by atoms with Gasteiger partial charge in [-0.15, -0.1) is 0 Å². The van der Waals surface area contributed by atoms with Crippen LogP contribution >= 0.6 is 0 Å². The fourth-order valence-electron chi connectivity index (χ4n) is 2.95. The number of nitrogens with zero attached hydrogens (tertiary/aromatic N) is 1. The van der Waals surface area contributed by atoms with Gasteiger partial charge in [0.2, 0.25) is 0 Å². The van der Waals surface area contributed by atoms with Crippen LogP contribution in [0.5, 0.6) is 5.75 Å². The molecular weight excluding hydrogens is 330 g/mol. The molecule has 1 N–H and O–H groups in total. The zero-order valence-corrected chi connectivity index (χ0v) is 14.0. The third kappa shape index (κ3) is 3.19. The predicted molar refractivity (Wildman–Crippen MR) is 96.6 cm³/mol. The van der Waals surface area contributed by atoms with Crippen LogP contribution < -0.4 is 0 Å². The number of carbonyl (C=O) groups excluding carboxylic acids is 1. The maximum Gasteiger partial charge on any atom is 0.258 e. The van der Waals surface area contributed by atoms with E-state index in [-0.39, 0.29) is 30.3 Å². The van der Waals surface area contributed by atoms with Gasteiger partial charge in [0.15, 0.2) is 0 Å². The number of furan rings is 2. The summed E-state index contributed by atoms with van der Waals surface area (Å²) in [4.78, 5) is 14.7. The first kappa shape index (κ1) is 16.0. The molecule has 1 amide bonds. The SMILES string of the molecule is O=C(c1cc2ccccc2cc1O)N(Cc1ccco1)Cc1ccco1. The number of hydrogen-bond donors (Lipinski definition) is 1. The number of benzene rings is 2. The molecule has 5 heteroatoms. The number of rotatable bonds is 5. The van der Waals surface area contributed by atoms with Crippen LogP contribution in [-0.4, -0.2) is 15.9 Å². The van der Waals surface area contributed by atoms with Crippen LogP contribution in [0.25, 0.3) is 10.8 Å². The monoisotopic (exact) mass is 347 g/mol. The third-order valence-electron chi connectivity index (χ3n) is 4.24. The van der Waals surface area contributed by atoms with Crippen molar-refractivity contribution in [1.82, 2.24) is 4.90 Å². The lowest BCUT2D eigenvalue weighted by molar-refractivity contribution is 0.0702. The maximum atomic E-state index is 13.1. The van der Waals surface area contributed by atoms with Gasteiger partial charge in [0.05, 0.1) is 31.2 Å². The summed E-state index contributed by atoms with van der Waals surface area (Å²) in [5.41, 5.74) is 0.252. The minimum absolute atomic E-state index is 0.0439. The minimum atomic E-state index is -0.291. The Morgan fingerprint density at radius 3 is 1.96 bits per heavy atom. The summed E-state index contributed by atoms with van der Waals surface area (Å²) < 4.78 is 10.8. The van der Waals surface area contributed by atoms with E-state index in [4.69, 9.17) is 8.83 Å². The second-order valence-corrected chi connectivity index (χ2v) is 6.04. The highest BCUT2D eigenvalue weighted by molar-refractivity contribution is 6.01. The second kappa shape index (κ2) is 6.80. The second-order valence-electron chi connectivity index (χ2n) is 6.04. The van der Waals surface area contributed by atoms with Crippen molar-refractivity contribution in [3.8, 4) is 5.75 Å². The van der Waals surface area contributed by atoms with Gasteiger partial charge in [-0.05, 0) is 47.2 Å². The maximum absolute atomic E-state index is 13.1. The van der Waals surface area contributed by atoms with E-state index >= 15 is 0 Å². The summed E-state index contributed by atoms with van der Waals surface area (Å²) in [6.45, 7) is 0.553. The summed E-state index contributed by atoms with van der Waals surface area (Å²) in [7, 11) is 0. The minimum Gasteiger partial charge on any atom is -0.507 e. The molecule has 2 aromatic heterocycles. The third-order valence-corrected chi connectivity index (χ3v) is 4.24. The van der Waals surface area contributed by atoms with Crippen LogP contribution in [0, 0.1) is 0 Å². The molecule has 0 fully saturated rings. The molecule has 0 aliphatic heterocycles. The Hall–Kier alpha value is -3.47. The average Bonchev–Trinajstić information content (AvgIpc) is 3.34. The summed E-state index contributed by atoms with van der Waals surface area (Å²) >= 11 is 0. The van der Waals surface area contributed by atoms with Crippen LogP contribution in [0.1, 0.15) is 21.9 Å². The van der Waals surface area contributed by atoms with E-state index in [1.54, 1.807) is 41.7 Å². The lowest BCUT2D eigenvalue weighted by atomic mass is 10.0. The predicted octanol–water partition coefficient (Wildman–Crippen LogP) is 4.57. The average molecular weight is 347 g/mol. The molecule has 0 aliphatic carbocycles. The molecule has 2 heterocycles. The van der Waals surface area contributed by atoms with Crippen molar-refractivity contribution >= 4 is 16.7 Å². The molecule has 4 rings (SSSR count). The Morgan fingerprint density at radius 1 is 0.846 bits per heavy atom. The number of amides is 1. The molecule has 0 unspecified atom stereocenters. The molecule has 0 saturated heterocycles. The van der Waals surface area contributed by atoms with Crippen molar-refractivity contribution < 1.29 is 18.7 Å². The molecule has 5 nitrogen and oxygen atoms in total. The summed E-state index contributed by atoms with van der Waals surface area (Å²) in [5.74, 6) is 0.981. The van der Waals surface area contributed by atoms with Crippen LogP contribution in [-0.2, 0) is 13.1 Å². The summed E-state index contributed by atoms with van der Waals surface area (Å²) in [6.07, 6.45) is 3.14. The largest absolute Gasteiger partial charge is 0.507 e. The molecule has 0 saturated carbocycles. The number of fused-ring (bicyclic) bond motifs is 1. The highest BCUT2D eigenvalue weighted by atomic mass is 16.3. The fraction of sp³-hybridized carbons (Fsp3) is 0.0952. The van der Waals surface area contributed by atoms with Gasteiger partial charge in [-0.1, -0.05) is 24.3 Å². The fourth-order valence-corrected chi connectivity index (χ4v) is 2.95. The zero-order valence-electron chi connectivity index (χ0n) is 14.0. The van der Waals surface area contributed by atoms with Crippen molar-refractivity contribution in [1.29, 1.82) is 0 Å². The molecule has 2 aromatic carbocycles. The molecule has 0 spiro atoms. The molecule has 0 bridgehead atoms. The number of hydrogen-bond acceptors (Lipinski definition) is 4. The van der Waals surface area contributed by atoms with E-state index in [0.717, 1.165) is 10.8 Å². The Labute approximate surface area is 150 Å². The van der Waals surface area contributed by atoms with Crippen LogP contribution in [0.3, 0.4) is 0 Å². The van der Waals surface area contributed by atoms with E-state index < -0.39 is 0 Å². The standard InChI is InChI=1S/C21H17NO4/c23-20-12-16-6-2-1-5-15(16)11-19(20)21(24)22(13-17-7-3-9-25-17)14-18-8-4-10-26-18/h1-12,23H,13-14H2. The molecular formula is C21H17NO4. The molecule has 26 heavy (non-hydrogen) atoms. The van der Waals surface area contributed by atoms with Gasteiger partial charge in [0.1, 0.15) is 17.3 Å². The Morgan fingerprint density at radius 2 is 1.42 bits per heavy atom. The number of phenols is 1. The van der Waals surface area contributed by atoms with Gasteiger partial charge in [0, 0.05) is 0 Å². The lowest BCUT2D eigenvalue weighted by Gasteiger charge is -2.21. The highest BCUT2D eigenvalue weighted by Gasteiger charge is 2.22. The molecule has 0 aliphatic rings. The van der Waals surface area contributed by atoms with E-state index in [0.29, 0.717) is 11.5 Å². The smallest absolute Gasteiger partial charge is 0.258 e. The van der Waals surface area contributed by atoms with Gasteiger partial charge in [-0.3, -0.25) is 4.79 Å². The van der Waals surface area contributed by atoms with E-state index in [9.17, 15) is 9.90 Å². The van der Waals surface area contributed by atoms with Crippen molar-refractivity contribution in [3.05, 3.63) is 90.3 Å². The first-order chi connectivity index (χ1) is 12.7. The highest BCUT2D eigenvalue weighted by Crippen LogP contribution is 2.27. The van der Waals surface area contributed by atoms with Gasteiger partial charge in [0.25, 0.3) is 5.91 Å². The van der Waals surface area contributed by atoms with Gasteiger partial charge in [-0.2, -0.15) is 0 Å². The van der Waals surface area contributed by atoms with Gasteiger partial charge < -0.3 is 18.8 Å². The van der Waals surface area contributed by atoms with E-state index in [1.807, 2.05) is 36.4 Å². The first-order valence-electron chi connectivity index (χ1n) is 8.26. The first-order valence-corrected chi connectivity index (χ1v) is 8.26. The van der Waals surface area contributed by atoms with Crippen molar-refractivity contribution in [2.24, 2.45) is 0 Å². The van der Waals surface area contributed by atoms with Crippen LogP contribution in [0.2, 0.25) is 0 Å². The number of carbonyl (C=O) groups is 1. The molecule has 0 radical (unpaired) electrons. The van der Waals surface area contributed by atoms with Crippen LogP contribution in [0.4, 0.5) is 0 Å². The van der Waals surface area contributed by atoms with Crippen molar-refractivity contribution in [2.75, 3.05) is 0 Å². The van der Waals surface area contributed by atoms with Gasteiger partial charge in [-0.25, -0.2) is 0 Å². The van der Waals surface area contributed by atoms with Gasteiger partial charge >= 0.3 is 0 Å². The topological polar surface area (TPSA) is 66.8 Å². The zero-order chi connectivity index (χ0) is 17.9. The normalized spacial score (nSPS) is 10.9. The Bertz CT molecular complexity index is 983.